The van der Waals surface area contributed by atoms with Crippen LogP contribution in [0.4, 0.5) is 23.7 Å². The van der Waals surface area contributed by atoms with Crippen LogP contribution in [0.15, 0.2) is 18.2 Å². The monoisotopic (exact) mass is 414 g/mol. The van der Waals surface area contributed by atoms with Gasteiger partial charge in [-0.25, -0.2) is 14.5 Å². The number of rotatable bonds is 1. The molecular weight excluding hydrogens is 393 g/mol. The predicted octanol–water partition coefficient (Wildman–Crippen LogP) is 2.88. The van der Waals surface area contributed by atoms with Gasteiger partial charge in [-0.3, -0.25) is 9.69 Å². The molecule has 0 saturated carbocycles. The molecule has 4 saturated heterocycles. The molecule has 0 aromatic heterocycles. The lowest BCUT2D eigenvalue weighted by molar-refractivity contribution is -0.192. The van der Waals surface area contributed by atoms with Gasteiger partial charge in [-0.05, 0) is 57.0 Å². The van der Waals surface area contributed by atoms with E-state index in [1.54, 1.807) is 0 Å². The number of halogens is 3. The average molecular weight is 414 g/mol. The van der Waals surface area contributed by atoms with Gasteiger partial charge < -0.3 is 9.84 Å². The third-order valence-corrected chi connectivity index (χ3v) is 5.78. The number of alkyl halides is 3. The van der Waals surface area contributed by atoms with Crippen molar-refractivity contribution in [1.29, 1.82) is 0 Å². The number of carboxylic acids is 1. The molecule has 29 heavy (non-hydrogen) atoms. The first-order valence-corrected chi connectivity index (χ1v) is 9.13. The van der Waals surface area contributed by atoms with E-state index in [0.717, 1.165) is 37.1 Å². The minimum Gasteiger partial charge on any atom is -0.475 e. The maximum atomic E-state index is 13.1. The molecule has 0 radical (unpaired) electrons. The Morgan fingerprint density at radius 1 is 1.21 bits per heavy atom. The van der Waals surface area contributed by atoms with Crippen molar-refractivity contribution in [1.82, 2.24) is 4.90 Å². The van der Waals surface area contributed by atoms with Gasteiger partial charge in [-0.15, -0.1) is 0 Å². The highest BCUT2D eigenvalue weighted by Crippen LogP contribution is 2.44. The number of carbonyl (C=O) groups excluding carboxylic acids is 2. The van der Waals surface area contributed by atoms with Gasteiger partial charge in [-0.1, -0.05) is 12.1 Å². The summed E-state index contributed by atoms with van der Waals surface area (Å²) in [5.74, 6) is -2.78. The van der Waals surface area contributed by atoms with Crippen LogP contribution >= 0.6 is 0 Å². The third kappa shape index (κ3) is 3.68. The number of carbonyl (C=O) groups is 3. The summed E-state index contributed by atoms with van der Waals surface area (Å²) in [6.45, 7) is 6.46. The van der Waals surface area contributed by atoms with Crippen molar-refractivity contribution in [2.45, 2.75) is 38.5 Å². The lowest BCUT2D eigenvalue weighted by Crippen LogP contribution is -2.63. The minimum absolute atomic E-state index is 0.157. The SMILES string of the molecule is Cc1cccc(N2C(=O)OC3(CN4CCC3CC4)C2=O)c1C.O=C(O)C(F)(F)F. The molecule has 1 aromatic rings. The van der Waals surface area contributed by atoms with E-state index in [2.05, 4.69) is 4.90 Å². The predicted molar refractivity (Wildman–Crippen MR) is 95.5 cm³/mol. The molecule has 10 heteroatoms. The Morgan fingerprint density at radius 2 is 1.79 bits per heavy atom. The molecular formula is C19H21F3N2O5. The number of aryl methyl sites for hydroxylation is 1. The number of hydrogen-bond donors (Lipinski definition) is 1. The van der Waals surface area contributed by atoms with Gasteiger partial charge in [0.05, 0.1) is 5.69 Å². The topological polar surface area (TPSA) is 87.2 Å². The van der Waals surface area contributed by atoms with Gasteiger partial charge >= 0.3 is 18.2 Å². The van der Waals surface area contributed by atoms with Crippen LogP contribution < -0.4 is 4.90 Å². The third-order valence-electron chi connectivity index (χ3n) is 5.78. The summed E-state index contributed by atoms with van der Waals surface area (Å²) in [4.78, 5) is 37.9. The second-order valence-electron chi connectivity index (χ2n) is 7.47. The van der Waals surface area contributed by atoms with Crippen LogP contribution in [0.5, 0.6) is 0 Å². The van der Waals surface area contributed by atoms with E-state index in [1.807, 2.05) is 32.0 Å². The van der Waals surface area contributed by atoms with Crippen LogP contribution in [-0.2, 0) is 14.3 Å². The number of anilines is 1. The van der Waals surface area contributed by atoms with E-state index in [0.29, 0.717) is 12.2 Å². The molecule has 2 bridgehead atoms. The Hall–Kier alpha value is -2.62. The number of imide groups is 1. The average Bonchev–Trinajstić information content (AvgIpc) is 2.88. The van der Waals surface area contributed by atoms with E-state index in [1.165, 1.54) is 4.90 Å². The molecule has 4 heterocycles. The fourth-order valence-electron chi connectivity index (χ4n) is 4.08. The number of piperidine rings is 3. The molecule has 2 amide bonds. The Kier molecular flexibility index (Phi) is 5.33. The second kappa shape index (κ2) is 7.33. The van der Waals surface area contributed by atoms with E-state index in [9.17, 15) is 22.8 Å². The van der Waals surface area contributed by atoms with E-state index in [4.69, 9.17) is 14.6 Å². The summed E-state index contributed by atoms with van der Waals surface area (Å²) < 4.78 is 37.4. The second-order valence-corrected chi connectivity index (χ2v) is 7.47. The van der Waals surface area contributed by atoms with Gasteiger partial charge in [0.15, 0.2) is 0 Å². The van der Waals surface area contributed by atoms with Crippen LogP contribution in [0, 0.1) is 19.8 Å². The van der Waals surface area contributed by atoms with Crippen molar-refractivity contribution in [3.63, 3.8) is 0 Å². The Labute approximate surface area is 165 Å². The molecule has 4 fully saturated rings. The van der Waals surface area contributed by atoms with Crippen molar-refractivity contribution in [2.24, 2.45) is 5.92 Å². The quantitative estimate of drug-likeness (QED) is 0.761. The zero-order valence-electron chi connectivity index (χ0n) is 16.0. The highest BCUT2D eigenvalue weighted by molar-refractivity contribution is 6.20. The number of carboxylic acid groups (broad SMARTS) is 1. The number of aliphatic carboxylic acids is 1. The summed E-state index contributed by atoms with van der Waals surface area (Å²) in [5.41, 5.74) is 1.71. The van der Waals surface area contributed by atoms with E-state index >= 15 is 0 Å². The van der Waals surface area contributed by atoms with Crippen LogP contribution in [-0.4, -0.2) is 59.4 Å². The van der Waals surface area contributed by atoms with Crippen molar-refractivity contribution in [3.8, 4) is 0 Å². The molecule has 1 aromatic carbocycles. The Morgan fingerprint density at radius 3 is 2.28 bits per heavy atom. The molecule has 4 aliphatic heterocycles. The van der Waals surface area contributed by atoms with Gasteiger partial charge in [0.2, 0.25) is 5.60 Å². The maximum absolute atomic E-state index is 13.1. The van der Waals surface area contributed by atoms with Crippen molar-refractivity contribution < 1.29 is 37.4 Å². The number of fused-ring (bicyclic) bond motifs is 2. The molecule has 1 atom stereocenters. The zero-order chi connectivity index (χ0) is 21.6. The van der Waals surface area contributed by atoms with Crippen LogP contribution in [0.1, 0.15) is 24.0 Å². The summed E-state index contributed by atoms with van der Waals surface area (Å²) in [6.07, 6.45) is -3.74. The smallest absolute Gasteiger partial charge is 0.475 e. The fourth-order valence-corrected chi connectivity index (χ4v) is 4.08. The first-order valence-electron chi connectivity index (χ1n) is 9.13. The van der Waals surface area contributed by atoms with E-state index in [-0.39, 0.29) is 11.8 Å². The molecule has 4 aliphatic rings. The molecule has 1 spiro atoms. The number of nitrogens with zero attached hydrogens (tertiary/aromatic N) is 2. The largest absolute Gasteiger partial charge is 0.490 e. The molecule has 7 nitrogen and oxygen atoms in total. The van der Waals surface area contributed by atoms with Gasteiger partial charge in [0.25, 0.3) is 5.91 Å². The number of amides is 2. The molecule has 1 N–H and O–H groups in total. The normalized spacial score (nSPS) is 28.2. The fraction of sp³-hybridized carbons (Fsp3) is 0.526. The van der Waals surface area contributed by atoms with Crippen LogP contribution in [0.25, 0.3) is 0 Å². The Balaban J connectivity index is 0.000000298. The van der Waals surface area contributed by atoms with E-state index < -0.39 is 23.8 Å². The zero-order valence-corrected chi connectivity index (χ0v) is 16.0. The van der Waals surface area contributed by atoms with Gasteiger partial charge in [0, 0.05) is 12.5 Å². The van der Waals surface area contributed by atoms with Gasteiger partial charge in [0.1, 0.15) is 0 Å². The Bertz CT molecular complexity index is 849. The first-order chi connectivity index (χ1) is 13.5. The molecule has 158 valence electrons. The summed E-state index contributed by atoms with van der Waals surface area (Å²) >= 11 is 0. The molecule has 5 rings (SSSR count). The summed E-state index contributed by atoms with van der Waals surface area (Å²) in [7, 11) is 0. The summed E-state index contributed by atoms with van der Waals surface area (Å²) in [6, 6.07) is 5.68. The van der Waals surface area contributed by atoms with Crippen molar-refractivity contribution in [3.05, 3.63) is 29.3 Å². The number of hydrogen-bond acceptors (Lipinski definition) is 5. The molecule has 1 unspecified atom stereocenters. The highest BCUT2D eigenvalue weighted by Gasteiger charge is 2.62. The lowest BCUT2D eigenvalue weighted by atomic mass is 9.75. The number of ether oxygens (including phenoxy) is 1. The highest BCUT2D eigenvalue weighted by atomic mass is 19.4. The molecule has 0 aliphatic carbocycles. The minimum atomic E-state index is -5.08. The lowest BCUT2D eigenvalue weighted by Gasteiger charge is -2.48. The maximum Gasteiger partial charge on any atom is 0.490 e. The standard InChI is InChI=1S/C17H20N2O3.C2HF3O2/c1-11-4-3-5-14(12(11)2)19-15(20)17(22-16(19)21)10-18-8-6-13(17)7-9-18;3-2(4,5)1(6)7/h3-5,13H,6-10H2,1-2H3;(H,6,7). The van der Waals surface area contributed by atoms with Crippen molar-refractivity contribution in [2.75, 3.05) is 24.5 Å². The van der Waals surface area contributed by atoms with Crippen molar-refractivity contribution >= 4 is 23.7 Å². The van der Waals surface area contributed by atoms with Crippen LogP contribution in [0.3, 0.4) is 0 Å². The first kappa shape index (κ1) is 21.1. The number of benzene rings is 1. The van der Waals surface area contributed by atoms with Crippen LogP contribution in [0.2, 0.25) is 0 Å². The summed E-state index contributed by atoms with van der Waals surface area (Å²) in [5, 5.41) is 7.12. The van der Waals surface area contributed by atoms with Gasteiger partial charge in [-0.2, -0.15) is 13.2 Å².